The highest BCUT2D eigenvalue weighted by molar-refractivity contribution is 5.78. The quantitative estimate of drug-likeness (QED) is 0.702. The molecule has 1 amide bonds. The third-order valence-electron chi connectivity index (χ3n) is 2.14. The van der Waals surface area contributed by atoms with E-state index in [9.17, 15) is 4.79 Å². The first kappa shape index (κ1) is 11.7. The normalized spacial score (nSPS) is 10.0. The second kappa shape index (κ2) is 6.19. The molecule has 0 bridgehead atoms. The van der Waals surface area contributed by atoms with Gasteiger partial charge in [0.2, 0.25) is 5.91 Å². The molecule has 3 nitrogen and oxygen atoms in total. The molecule has 0 aliphatic carbocycles. The Kier molecular flexibility index (Phi) is 4.84. The summed E-state index contributed by atoms with van der Waals surface area (Å²) in [6.07, 6.45) is 0.464. The second-order valence-electron chi connectivity index (χ2n) is 3.62. The zero-order valence-corrected chi connectivity index (χ0v) is 9.34. The third-order valence-corrected chi connectivity index (χ3v) is 2.14. The molecule has 0 fully saturated rings. The van der Waals surface area contributed by atoms with E-state index in [1.54, 1.807) is 0 Å². The van der Waals surface area contributed by atoms with Crippen molar-refractivity contribution in [2.75, 3.05) is 20.1 Å². The van der Waals surface area contributed by atoms with Gasteiger partial charge in [-0.15, -0.1) is 0 Å². The minimum Gasteiger partial charge on any atom is -0.355 e. The van der Waals surface area contributed by atoms with Gasteiger partial charge in [-0.25, -0.2) is 0 Å². The fraction of sp³-hybridized carbons (Fsp3) is 0.417. The van der Waals surface area contributed by atoms with Crippen LogP contribution < -0.4 is 10.6 Å². The number of hydrogen-bond acceptors (Lipinski definition) is 2. The van der Waals surface area contributed by atoms with Crippen molar-refractivity contribution < 1.29 is 4.79 Å². The lowest BCUT2D eigenvalue weighted by Crippen LogP contribution is -2.31. The fourth-order valence-electron chi connectivity index (χ4n) is 1.40. The number of benzene rings is 1. The molecule has 0 atom stereocenters. The number of rotatable bonds is 5. The van der Waals surface area contributed by atoms with Gasteiger partial charge in [0.25, 0.3) is 0 Å². The van der Waals surface area contributed by atoms with Crippen molar-refractivity contribution >= 4 is 5.91 Å². The summed E-state index contributed by atoms with van der Waals surface area (Å²) < 4.78 is 0. The van der Waals surface area contributed by atoms with E-state index in [1.165, 1.54) is 5.56 Å². The molecule has 15 heavy (non-hydrogen) atoms. The number of hydrogen-bond donors (Lipinski definition) is 2. The van der Waals surface area contributed by atoms with Gasteiger partial charge in [-0.05, 0) is 19.5 Å². The molecule has 1 aromatic rings. The molecule has 3 heteroatoms. The molecule has 0 spiro atoms. The van der Waals surface area contributed by atoms with Gasteiger partial charge in [-0.1, -0.05) is 29.8 Å². The Balaban J connectivity index is 2.37. The van der Waals surface area contributed by atoms with Crippen LogP contribution in [-0.2, 0) is 11.2 Å². The average Bonchev–Trinajstić information content (AvgIpc) is 2.18. The minimum atomic E-state index is 0.0795. The lowest BCUT2D eigenvalue weighted by atomic mass is 10.1. The van der Waals surface area contributed by atoms with E-state index in [0.29, 0.717) is 13.0 Å². The molecule has 0 saturated heterocycles. The molecule has 0 radical (unpaired) electrons. The summed E-state index contributed by atoms with van der Waals surface area (Å²) in [6.45, 7) is 3.52. The maximum atomic E-state index is 11.5. The van der Waals surface area contributed by atoms with Crippen molar-refractivity contribution in [2.24, 2.45) is 0 Å². The minimum absolute atomic E-state index is 0.0795. The monoisotopic (exact) mass is 206 g/mol. The van der Waals surface area contributed by atoms with Gasteiger partial charge in [0.15, 0.2) is 0 Å². The molecule has 0 aromatic heterocycles. The maximum Gasteiger partial charge on any atom is 0.224 e. The van der Waals surface area contributed by atoms with E-state index in [-0.39, 0.29) is 5.91 Å². The summed E-state index contributed by atoms with van der Waals surface area (Å²) in [7, 11) is 1.87. The average molecular weight is 206 g/mol. The van der Waals surface area contributed by atoms with Gasteiger partial charge in [-0.2, -0.15) is 0 Å². The molecule has 0 saturated carbocycles. The number of carbonyl (C=O) groups is 1. The van der Waals surface area contributed by atoms with Gasteiger partial charge >= 0.3 is 0 Å². The molecule has 0 unspecified atom stereocenters. The number of nitrogens with one attached hydrogen (secondary N) is 2. The molecule has 2 N–H and O–H groups in total. The zero-order valence-electron chi connectivity index (χ0n) is 9.34. The maximum absolute atomic E-state index is 11.5. The summed E-state index contributed by atoms with van der Waals surface area (Å²) >= 11 is 0. The molecule has 1 rings (SSSR count). The first-order chi connectivity index (χ1) is 7.22. The van der Waals surface area contributed by atoms with Crippen LogP contribution >= 0.6 is 0 Å². The van der Waals surface area contributed by atoms with E-state index >= 15 is 0 Å². The summed E-state index contributed by atoms with van der Waals surface area (Å²) in [5.74, 6) is 0.0795. The lowest BCUT2D eigenvalue weighted by molar-refractivity contribution is -0.120. The van der Waals surface area contributed by atoms with E-state index < -0.39 is 0 Å². The fourth-order valence-corrected chi connectivity index (χ4v) is 1.40. The molecule has 0 heterocycles. The van der Waals surface area contributed by atoms with Crippen LogP contribution in [0.1, 0.15) is 11.1 Å². The Hall–Kier alpha value is -1.35. The third kappa shape index (κ3) is 4.61. The van der Waals surface area contributed by atoms with Gasteiger partial charge in [-0.3, -0.25) is 4.79 Å². The van der Waals surface area contributed by atoms with Crippen molar-refractivity contribution in [1.29, 1.82) is 0 Å². The van der Waals surface area contributed by atoms with Crippen LogP contribution in [0.2, 0.25) is 0 Å². The van der Waals surface area contributed by atoms with Gasteiger partial charge in [0.1, 0.15) is 0 Å². The summed E-state index contributed by atoms with van der Waals surface area (Å²) in [5.41, 5.74) is 2.26. The standard InChI is InChI=1S/C12H18N2O/c1-10-4-3-5-11(8-10)9-12(15)14-7-6-13-2/h3-5,8,13H,6-7,9H2,1-2H3,(H,14,15). The van der Waals surface area contributed by atoms with E-state index in [4.69, 9.17) is 0 Å². The molecular formula is C12H18N2O. The van der Waals surface area contributed by atoms with Gasteiger partial charge in [0, 0.05) is 13.1 Å². The molecular weight excluding hydrogens is 188 g/mol. The van der Waals surface area contributed by atoms with Gasteiger partial charge in [0.05, 0.1) is 6.42 Å². The SMILES string of the molecule is CNCCNC(=O)Cc1cccc(C)c1. The highest BCUT2D eigenvalue weighted by atomic mass is 16.1. The van der Waals surface area contributed by atoms with Crippen molar-refractivity contribution in [3.63, 3.8) is 0 Å². The largest absolute Gasteiger partial charge is 0.355 e. The van der Waals surface area contributed by atoms with Crippen molar-refractivity contribution in [3.05, 3.63) is 35.4 Å². The molecule has 0 aliphatic heterocycles. The van der Waals surface area contributed by atoms with E-state index in [1.807, 2.05) is 38.2 Å². The Morgan fingerprint density at radius 3 is 2.80 bits per heavy atom. The first-order valence-corrected chi connectivity index (χ1v) is 5.19. The van der Waals surface area contributed by atoms with Gasteiger partial charge < -0.3 is 10.6 Å². The van der Waals surface area contributed by atoms with Crippen LogP contribution in [0.15, 0.2) is 24.3 Å². The van der Waals surface area contributed by atoms with Crippen LogP contribution in [-0.4, -0.2) is 26.0 Å². The predicted molar refractivity (Wildman–Crippen MR) is 61.8 cm³/mol. The Labute approximate surface area is 90.9 Å². The Bertz CT molecular complexity index is 323. The smallest absolute Gasteiger partial charge is 0.224 e. The summed E-state index contributed by atoms with van der Waals surface area (Å²) in [4.78, 5) is 11.5. The van der Waals surface area contributed by atoms with Crippen molar-refractivity contribution in [3.8, 4) is 0 Å². The second-order valence-corrected chi connectivity index (χ2v) is 3.62. The summed E-state index contributed by atoms with van der Waals surface area (Å²) in [5, 5.41) is 5.83. The van der Waals surface area contributed by atoms with Crippen LogP contribution in [0.25, 0.3) is 0 Å². The zero-order chi connectivity index (χ0) is 11.1. The van der Waals surface area contributed by atoms with Crippen LogP contribution in [0.3, 0.4) is 0 Å². The molecule has 0 aliphatic rings. The van der Waals surface area contributed by atoms with Crippen LogP contribution in [0.5, 0.6) is 0 Å². The van der Waals surface area contributed by atoms with Crippen molar-refractivity contribution in [1.82, 2.24) is 10.6 Å². The first-order valence-electron chi connectivity index (χ1n) is 5.19. The molecule has 1 aromatic carbocycles. The number of aryl methyl sites for hydroxylation is 1. The highest BCUT2D eigenvalue weighted by Gasteiger charge is 2.01. The Morgan fingerprint density at radius 1 is 1.33 bits per heavy atom. The topological polar surface area (TPSA) is 41.1 Å². The van der Waals surface area contributed by atoms with Crippen LogP contribution in [0, 0.1) is 6.92 Å². The predicted octanol–water partition coefficient (Wildman–Crippen LogP) is 0.873. The number of likely N-dealkylation sites (N-methyl/N-ethyl adjacent to an activating group) is 1. The van der Waals surface area contributed by atoms with Crippen LogP contribution in [0.4, 0.5) is 0 Å². The van der Waals surface area contributed by atoms with Crippen molar-refractivity contribution in [2.45, 2.75) is 13.3 Å². The summed E-state index contributed by atoms with van der Waals surface area (Å²) in [6, 6.07) is 8.02. The highest BCUT2D eigenvalue weighted by Crippen LogP contribution is 2.04. The number of carbonyl (C=O) groups excluding carboxylic acids is 1. The molecule has 82 valence electrons. The lowest BCUT2D eigenvalue weighted by Gasteiger charge is -2.05. The Morgan fingerprint density at radius 2 is 2.13 bits per heavy atom. The number of amides is 1. The van der Waals surface area contributed by atoms with E-state index in [2.05, 4.69) is 10.6 Å². The van der Waals surface area contributed by atoms with E-state index in [0.717, 1.165) is 12.1 Å².